The number of hydrogen-bond acceptors (Lipinski definition) is 3. The number of ether oxygens (including phenoxy) is 1. The van der Waals surface area contributed by atoms with Gasteiger partial charge in [0.2, 0.25) is 5.82 Å². The molecular weight excluding hydrogens is 197 g/mol. The summed E-state index contributed by atoms with van der Waals surface area (Å²) in [7, 11) is 1.37. The van der Waals surface area contributed by atoms with E-state index in [1.54, 1.807) is 6.07 Å². The molecule has 0 spiro atoms. The Balaban J connectivity index is 3.05. The SMILES string of the molecule is COc1cc(C(C)CCN)cc(O)c1F. The van der Waals surface area contributed by atoms with Crippen LogP contribution < -0.4 is 10.5 Å². The maximum Gasteiger partial charge on any atom is 0.206 e. The van der Waals surface area contributed by atoms with Crippen LogP contribution in [-0.2, 0) is 0 Å². The Hall–Kier alpha value is -1.29. The molecule has 15 heavy (non-hydrogen) atoms. The van der Waals surface area contributed by atoms with Crippen molar-refractivity contribution in [2.45, 2.75) is 19.3 Å². The van der Waals surface area contributed by atoms with E-state index in [4.69, 9.17) is 10.5 Å². The van der Waals surface area contributed by atoms with Crippen LogP contribution in [0.25, 0.3) is 0 Å². The number of halogens is 1. The summed E-state index contributed by atoms with van der Waals surface area (Å²) in [5.41, 5.74) is 6.27. The summed E-state index contributed by atoms with van der Waals surface area (Å²) in [6, 6.07) is 3.01. The number of aromatic hydroxyl groups is 1. The number of phenols is 1. The van der Waals surface area contributed by atoms with Crippen molar-refractivity contribution < 1.29 is 14.2 Å². The molecule has 0 bridgehead atoms. The molecule has 0 heterocycles. The van der Waals surface area contributed by atoms with Crippen molar-refractivity contribution in [3.63, 3.8) is 0 Å². The first-order chi connectivity index (χ1) is 7.10. The van der Waals surface area contributed by atoms with E-state index in [0.29, 0.717) is 6.54 Å². The van der Waals surface area contributed by atoms with Crippen molar-refractivity contribution in [2.75, 3.05) is 13.7 Å². The summed E-state index contributed by atoms with van der Waals surface area (Å²) >= 11 is 0. The molecule has 0 aliphatic carbocycles. The normalized spacial score (nSPS) is 12.5. The molecule has 1 aromatic rings. The molecule has 0 aliphatic rings. The maximum absolute atomic E-state index is 13.2. The summed E-state index contributed by atoms with van der Waals surface area (Å²) in [5, 5.41) is 9.34. The highest BCUT2D eigenvalue weighted by Gasteiger charge is 2.13. The second-order valence-electron chi connectivity index (χ2n) is 3.53. The average Bonchev–Trinajstić information content (AvgIpc) is 2.22. The van der Waals surface area contributed by atoms with Crippen LogP contribution in [0, 0.1) is 5.82 Å². The van der Waals surface area contributed by atoms with Crippen LogP contribution in [0.3, 0.4) is 0 Å². The molecule has 3 nitrogen and oxygen atoms in total. The Labute approximate surface area is 88.7 Å². The summed E-state index contributed by atoms with van der Waals surface area (Å²) in [6.45, 7) is 2.53. The third kappa shape index (κ3) is 2.59. The smallest absolute Gasteiger partial charge is 0.206 e. The Kier molecular flexibility index (Phi) is 3.91. The Morgan fingerprint density at radius 3 is 2.73 bits per heavy atom. The number of methoxy groups -OCH3 is 1. The first-order valence-corrected chi connectivity index (χ1v) is 4.86. The van der Waals surface area contributed by atoms with Crippen molar-refractivity contribution in [2.24, 2.45) is 5.73 Å². The molecule has 1 aromatic carbocycles. The fourth-order valence-corrected chi connectivity index (χ4v) is 1.45. The quantitative estimate of drug-likeness (QED) is 0.804. The van der Waals surface area contributed by atoms with E-state index in [-0.39, 0.29) is 17.4 Å². The van der Waals surface area contributed by atoms with Crippen LogP contribution in [0.5, 0.6) is 11.5 Å². The van der Waals surface area contributed by atoms with Crippen LogP contribution in [-0.4, -0.2) is 18.8 Å². The van der Waals surface area contributed by atoms with E-state index in [0.717, 1.165) is 12.0 Å². The second kappa shape index (κ2) is 4.98. The number of rotatable bonds is 4. The van der Waals surface area contributed by atoms with Gasteiger partial charge in [0.15, 0.2) is 11.5 Å². The molecule has 0 radical (unpaired) electrons. The van der Waals surface area contributed by atoms with Crippen molar-refractivity contribution in [1.82, 2.24) is 0 Å². The van der Waals surface area contributed by atoms with Gasteiger partial charge in [0.25, 0.3) is 0 Å². The number of hydrogen-bond donors (Lipinski definition) is 2. The first-order valence-electron chi connectivity index (χ1n) is 4.86. The fraction of sp³-hybridized carbons (Fsp3) is 0.455. The lowest BCUT2D eigenvalue weighted by Gasteiger charge is -2.13. The zero-order valence-corrected chi connectivity index (χ0v) is 8.96. The highest BCUT2D eigenvalue weighted by atomic mass is 19.1. The first kappa shape index (κ1) is 11.8. The van der Waals surface area contributed by atoms with Gasteiger partial charge in [-0.25, -0.2) is 0 Å². The van der Waals surface area contributed by atoms with Gasteiger partial charge in [0, 0.05) is 0 Å². The minimum atomic E-state index is -0.721. The highest BCUT2D eigenvalue weighted by molar-refractivity contribution is 5.40. The number of benzene rings is 1. The molecule has 4 heteroatoms. The zero-order valence-electron chi connectivity index (χ0n) is 8.96. The van der Waals surface area contributed by atoms with Gasteiger partial charge in [-0.15, -0.1) is 0 Å². The molecule has 0 fully saturated rings. The van der Waals surface area contributed by atoms with Gasteiger partial charge in [-0.3, -0.25) is 0 Å². The van der Waals surface area contributed by atoms with Gasteiger partial charge in [-0.05, 0) is 36.6 Å². The van der Waals surface area contributed by atoms with Crippen LogP contribution >= 0.6 is 0 Å². The van der Waals surface area contributed by atoms with Gasteiger partial charge in [0.1, 0.15) is 0 Å². The van der Waals surface area contributed by atoms with Gasteiger partial charge in [-0.1, -0.05) is 6.92 Å². The summed E-state index contributed by atoms with van der Waals surface area (Å²) in [4.78, 5) is 0. The lowest BCUT2D eigenvalue weighted by atomic mass is 9.97. The van der Waals surface area contributed by atoms with Gasteiger partial charge >= 0.3 is 0 Å². The largest absolute Gasteiger partial charge is 0.505 e. The average molecular weight is 213 g/mol. The van der Waals surface area contributed by atoms with Crippen molar-refractivity contribution >= 4 is 0 Å². The van der Waals surface area contributed by atoms with Gasteiger partial charge < -0.3 is 15.6 Å². The Morgan fingerprint density at radius 2 is 2.20 bits per heavy atom. The zero-order chi connectivity index (χ0) is 11.4. The van der Waals surface area contributed by atoms with E-state index >= 15 is 0 Å². The third-order valence-electron chi connectivity index (χ3n) is 2.43. The number of nitrogens with two attached hydrogens (primary N) is 1. The maximum atomic E-state index is 13.2. The van der Waals surface area contributed by atoms with Gasteiger partial charge in [-0.2, -0.15) is 4.39 Å². The van der Waals surface area contributed by atoms with Crippen LogP contribution in [0.15, 0.2) is 12.1 Å². The third-order valence-corrected chi connectivity index (χ3v) is 2.43. The second-order valence-corrected chi connectivity index (χ2v) is 3.53. The van der Waals surface area contributed by atoms with Gasteiger partial charge in [0.05, 0.1) is 7.11 Å². The summed E-state index contributed by atoms with van der Waals surface area (Å²) in [5.74, 6) is -0.862. The molecule has 0 aliphatic heterocycles. The van der Waals surface area contributed by atoms with E-state index in [2.05, 4.69) is 0 Å². The van der Waals surface area contributed by atoms with Crippen molar-refractivity contribution in [3.05, 3.63) is 23.5 Å². The molecule has 0 saturated heterocycles. The predicted molar refractivity (Wildman–Crippen MR) is 56.7 cm³/mol. The lowest BCUT2D eigenvalue weighted by molar-refractivity contribution is 0.363. The number of phenolic OH excluding ortho intramolecular Hbond substituents is 1. The van der Waals surface area contributed by atoms with E-state index in [1.165, 1.54) is 13.2 Å². The molecule has 1 unspecified atom stereocenters. The minimum absolute atomic E-state index is 0.0638. The molecular formula is C11H16FNO2. The highest BCUT2D eigenvalue weighted by Crippen LogP contribution is 2.31. The van der Waals surface area contributed by atoms with Crippen LogP contribution in [0.4, 0.5) is 4.39 Å². The summed E-state index contributed by atoms with van der Waals surface area (Å²) in [6.07, 6.45) is 0.786. The van der Waals surface area contributed by atoms with Crippen LogP contribution in [0.2, 0.25) is 0 Å². The van der Waals surface area contributed by atoms with Crippen LogP contribution in [0.1, 0.15) is 24.8 Å². The predicted octanol–water partition coefficient (Wildman–Crippen LogP) is 1.99. The van der Waals surface area contributed by atoms with Crippen molar-refractivity contribution in [1.29, 1.82) is 0 Å². The Morgan fingerprint density at radius 1 is 1.53 bits per heavy atom. The molecule has 0 amide bonds. The standard InChI is InChI=1S/C11H16FNO2/c1-7(3-4-13)8-5-9(14)11(12)10(6-8)15-2/h5-7,14H,3-4,13H2,1-2H3. The molecule has 0 saturated carbocycles. The van der Waals surface area contributed by atoms with Crippen molar-refractivity contribution in [3.8, 4) is 11.5 Å². The minimum Gasteiger partial charge on any atom is -0.505 e. The Bertz CT molecular complexity index is 342. The molecule has 0 aromatic heterocycles. The molecule has 84 valence electrons. The molecule has 1 rings (SSSR count). The molecule has 3 N–H and O–H groups in total. The van der Waals surface area contributed by atoms with E-state index in [1.807, 2.05) is 6.92 Å². The van der Waals surface area contributed by atoms with E-state index < -0.39 is 5.82 Å². The summed E-state index contributed by atoms with van der Waals surface area (Å²) < 4.78 is 18.1. The fourth-order valence-electron chi connectivity index (χ4n) is 1.45. The lowest BCUT2D eigenvalue weighted by Crippen LogP contribution is -2.05. The topological polar surface area (TPSA) is 55.5 Å². The monoisotopic (exact) mass is 213 g/mol. The van der Waals surface area contributed by atoms with E-state index in [9.17, 15) is 9.50 Å². The molecule has 1 atom stereocenters.